The SMILES string of the molecule is C[C@@H](C(=O)OCC(=O)N(C)Cc1ccc(N(C)C)cc1)N1C(=O)[C@H]2CC=CC[C@H]2C1=O. The highest BCUT2D eigenvalue weighted by Gasteiger charge is 2.50. The molecular weight excluding hydrogens is 398 g/mol. The quantitative estimate of drug-likeness (QED) is 0.373. The summed E-state index contributed by atoms with van der Waals surface area (Å²) >= 11 is 0. The fourth-order valence-electron chi connectivity index (χ4n) is 3.94. The lowest BCUT2D eigenvalue weighted by Gasteiger charge is -2.22. The molecule has 0 bridgehead atoms. The molecule has 1 fully saturated rings. The van der Waals surface area contributed by atoms with E-state index >= 15 is 0 Å². The zero-order chi connectivity index (χ0) is 22.7. The molecule has 3 rings (SSSR count). The summed E-state index contributed by atoms with van der Waals surface area (Å²) in [6.45, 7) is 1.39. The normalized spacial score (nSPS) is 21.0. The van der Waals surface area contributed by atoms with Crippen LogP contribution in [-0.2, 0) is 30.5 Å². The molecule has 0 unspecified atom stereocenters. The van der Waals surface area contributed by atoms with Crippen LogP contribution in [0.2, 0.25) is 0 Å². The van der Waals surface area contributed by atoms with Crippen molar-refractivity contribution in [2.45, 2.75) is 32.4 Å². The second-order valence-electron chi connectivity index (χ2n) is 8.30. The lowest BCUT2D eigenvalue weighted by molar-refractivity contribution is -0.161. The number of ether oxygens (including phenoxy) is 1. The number of benzene rings is 1. The Morgan fingerprint density at radius 2 is 1.58 bits per heavy atom. The number of carbonyl (C=O) groups excluding carboxylic acids is 4. The predicted molar refractivity (Wildman–Crippen MR) is 115 cm³/mol. The molecule has 166 valence electrons. The smallest absolute Gasteiger partial charge is 0.329 e. The zero-order valence-corrected chi connectivity index (χ0v) is 18.4. The van der Waals surface area contributed by atoms with Crippen molar-refractivity contribution in [1.29, 1.82) is 0 Å². The second kappa shape index (κ2) is 9.32. The molecule has 8 nitrogen and oxygen atoms in total. The Morgan fingerprint density at radius 1 is 1.03 bits per heavy atom. The standard InChI is InChI=1S/C23H29N3O5/c1-15(26-21(28)18-7-5-6-8-19(18)22(26)29)23(30)31-14-20(27)25(4)13-16-9-11-17(12-10-16)24(2)3/h5-6,9-12,15,18-19H,7-8,13-14H2,1-4H3/t15-,18-,19+/m0/s1. The summed E-state index contributed by atoms with van der Waals surface area (Å²) in [4.78, 5) is 54.5. The van der Waals surface area contributed by atoms with Crippen molar-refractivity contribution in [3.8, 4) is 0 Å². The summed E-state index contributed by atoms with van der Waals surface area (Å²) in [5.41, 5.74) is 2.01. The van der Waals surface area contributed by atoms with Gasteiger partial charge in [-0.05, 0) is 37.5 Å². The Hall–Kier alpha value is -3.16. The van der Waals surface area contributed by atoms with E-state index in [1.807, 2.05) is 55.4 Å². The minimum atomic E-state index is -1.05. The van der Waals surface area contributed by atoms with Crippen molar-refractivity contribution in [2.24, 2.45) is 11.8 Å². The molecule has 0 saturated carbocycles. The molecule has 8 heteroatoms. The van der Waals surface area contributed by atoms with Gasteiger partial charge >= 0.3 is 5.97 Å². The van der Waals surface area contributed by atoms with Gasteiger partial charge in [-0.2, -0.15) is 0 Å². The van der Waals surface area contributed by atoms with Crippen molar-refractivity contribution in [3.05, 3.63) is 42.0 Å². The first-order chi connectivity index (χ1) is 14.7. The van der Waals surface area contributed by atoms with Crippen molar-refractivity contribution in [1.82, 2.24) is 9.80 Å². The highest BCUT2D eigenvalue weighted by atomic mass is 16.5. The Kier molecular flexibility index (Phi) is 6.77. The average molecular weight is 428 g/mol. The third kappa shape index (κ3) is 4.78. The van der Waals surface area contributed by atoms with Gasteiger partial charge < -0.3 is 14.5 Å². The first-order valence-electron chi connectivity index (χ1n) is 10.4. The topological polar surface area (TPSA) is 87.2 Å². The molecule has 0 radical (unpaired) electrons. The van der Waals surface area contributed by atoms with E-state index in [0.717, 1.165) is 16.2 Å². The zero-order valence-electron chi connectivity index (χ0n) is 18.4. The Bertz CT molecular complexity index is 867. The molecule has 0 N–H and O–H groups in total. The second-order valence-corrected chi connectivity index (χ2v) is 8.30. The average Bonchev–Trinajstić information content (AvgIpc) is 3.02. The number of hydrogen-bond donors (Lipinski definition) is 0. The number of imide groups is 1. The maximum Gasteiger partial charge on any atom is 0.329 e. The largest absolute Gasteiger partial charge is 0.454 e. The number of esters is 1. The monoisotopic (exact) mass is 427 g/mol. The van der Waals surface area contributed by atoms with Crippen LogP contribution in [0.4, 0.5) is 5.69 Å². The van der Waals surface area contributed by atoms with E-state index in [0.29, 0.717) is 19.4 Å². The van der Waals surface area contributed by atoms with Crippen molar-refractivity contribution < 1.29 is 23.9 Å². The number of allylic oxidation sites excluding steroid dienone is 2. The van der Waals surface area contributed by atoms with Crippen LogP contribution in [0, 0.1) is 11.8 Å². The molecule has 3 amide bonds. The van der Waals surface area contributed by atoms with Gasteiger partial charge in [0, 0.05) is 33.4 Å². The number of nitrogens with zero attached hydrogens (tertiary/aromatic N) is 3. The summed E-state index contributed by atoms with van der Waals surface area (Å²) in [6, 6.07) is 6.75. The Balaban J connectivity index is 1.52. The third-order valence-corrected chi connectivity index (χ3v) is 5.91. The molecule has 1 saturated heterocycles. The van der Waals surface area contributed by atoms with E-state index in [4.69, 9.17) is 4.74 Å². The molecule has 3 atom stereocenters. The molecule has 0 aromatic heterocycles. The summed E-state index contributed by atoms with van der Waals surface area (Å²) in [5.74, 6) is -2.61. The van der Waals surface area contributed by atoms with Gasteiger partial charge in [-0.15, -0.1) is 0 Å². The lowest BCUT2D eigenvalue weighted by atomic mass is 9.85. The minimum Gasteiger partial charge on any atom is -0.454 e. The molecule has 1 aliphatic carbocycles. The maximum atomic E-state index is 12.6. The van der Waals surface area contributed by atoms with Gasteiger partial charge in [0.15, 0.2) is 6.61 Å². The third-order valence-electron chi connectivity index (χ3n) is 5.91. The predicted octanol–water partition coefficient (Wildman–Crippen LogP) is 1.59. The molecule has 0 spiro atoms. The van der Waals surface area contributed by atoms with Gasteiger partial charge in [0.25, 0.3) is 5.91 Å². The number of rotatable bonds is 7. The van der Waals surface area contributed by atoms with Crippen LogP contribution in [0.1, 0.15) is 25.3 Å². The fourth-order valence-corrected chi connectivity index (χ4v) is 3.94. The van der Waals surface area contributed by atoms with Crippen molar-refractivity contribution >= 4 is 29.4 Å². The Morgan fingerprint density at radius 3 is 2.10 bits per heavy atom. The van der Waals surface area contributed by atoms with E-state index in [1.54, 1.807) is 7.05 Å². The summed E-state index contributed by atoms with van der Waals surface area (Å²) < 4.78 is 5.14. The molecule has 2 aliphatic rings. The van der Waals surface area contributed by atoms with E-state index in [9.17, 15) is 19.2 Å². The van der Waals surface area contributed by atoms with Crippen molar-refractivity contribution in [3.63, 3.8) is 0 Å². The number of hydrogen-bond acceptors (Lipinski definition) is 6. The number of carbonyl (C=O) groups is 4. The highest BCUT2D eigenvalue weighted by molar-refractivity contribution is 6.08. The number of fused-ring (bicyclic) bond motifs is 1. The van der Waals surface area contributed by atoms with Crippen LogP contribution in [0.25, 0.3) is 0 Å². The van der Waals surface area contributed by atoms with Gasteiger partial charge in [0.05, 0.1) is 11.8 Å². The highest BCUT2D eigenvalue weighted by Crippen LogP contribution is 2.36. The lowest BCUT2D eigenvalue weighted by Crippen LogP contribution is -2.45. The molecule has 1 heterocycles. The van der Waals surface area contributed by atoms with E-state index in [2.05, 4.69) is 0 Å². The first kappa shape index (κ1) is 22.5. The van der Waals surface area contributed by atoms with Crippen LogP contribution in [-0.4, -0.2) is 67.3 Å². The van der Waals surface area contributed by atoms with Crippen molar-refractivity contribution in [2.75, 3.05) is 32.6 Å². The number of likely N-dealkylation sites (N-methyl/N-ethyl adjacent to an activating group) is 1. The van der Waals surface area contributed by atoms with Gasteiger partial charge in [0.1, 0.15) is 6.04 Å². The van der Waals surface area contributed by atoms with Gasteiger partial charge in [0.2, 0.25) is 11.8 Å². The minimum absolute atomic E-state index is 0.339. The summed E-state index contributed by atoms with van der Waals surface area (Å²) in [6.07, 6.45) is 4.79. The number of anilines is 1. The van der Waals surface area contributed by atoms with Gasteiger partial charge in [-0.3, -0.25) is 19.3 Å². The van der Waals surface area contributed by atoms with E-state index < -0.39 is 30.5 Å². The molecule has 1 aliphatic heterocycles. The van der Waals surface area contributed by atoms with Crippen LogP contribution in [0.3, 0.4) is 0 Å². The van der Waals surface area contributed by atoms with Gasteiger partial charge in [-0.1, -0.05) is 24.3 Å². The van der Waals surface area contributed by atoms with Gasteiger partial charge in [-0.25, -0.2) is 4.79 Å². The van der Waals surface area contributed by atoms with E-state index in [1.165, 1.54) is 11.8 Å². The molecule has 31 heavy (non-hydrogen) atoms. The summed E-state index contributed by atoms with van der Waals surface area (Å²) in [7, 11) is 5.53. The van der Waals surface area contributed by atoms with Crippen LogP contribution in [0.5, 0.6) is 0 Å². The molecule has 1 aromatic carbocycles. The number of amides is 3. The van der Waals surface area contributed by atoms with Crippen LogP contribution < -0.4 is 4.90 Å². The first-order valence-corrected chi connectivity index (χ1v) is 10.4. The Labute approximate surface area is 182 Å². The summed E-state index contributed by atoms with van der Waals surface area (Å²) in [5, 5.41) is 0. The molecule has 1 aromatic rings. The van der Waals surface area contributed by atoms with Crippen LogP contribution in [0.15, 0.2) is 36.4 Å². The van der Waals surface area contributed by atoms with Crippen LogP contribution >= 0.6 is 0 Å². The number of likely N-dealkylation sites (tertiary alicyclic amines) is 1. The maximum absolute atomic E-state index is 12.6. The molecular formula is C23H29N3O5. The van der Waals surface area contributed by atoms with E-state index in [-0.39, 0.29) is 17.7 Å². The fraction of sp³-hybridized carbons (Fsp3) is 0.478.